The van der Waals surface area contributed by atoms with E-state index in [0.717, 1.165) is 25.1 Å². The summed E-state index contributed by atoms with van der Waals surface area (Å²) in [5, 5.41) is 0. The Morgan fingerprint density at radius 3 is 1.83 bits per heavy atom. The number of halogens is 2. The van der Waals surface area contributed by atoms with Gasteiger partial charge in [0, 0.05) is 31.4 Å². The first-order valence-electron chi connectivity index (χ1n) is 8.08. The van der Waals surface area contributed by atoms with E-state index in [0.29, 0.717) is 11.8 Å². The molecular weight excluding hydrogens is 332 g/mol. The summed E-state index contributed by atoms with van der Waals surface area (Å²) in [6.07, 6.45) is 0. The second kappa shape index (κ2) is 7.75. The Bertz CT molecular complexity index is 486. The van der Waals surface area contributed by atoms with Crippen LogP contribution in [0.2, 0.25) is 0 Å². The quantitative estimate of drug-likeness (QED) is 0.552. The van der Waals surface area contributed by atoms with Gasteiger partial charge in [-0.2, -0.15) is 0 Å². The summed E-state index contributed by atoms with van der Waals surface area (Å²) in [5.74, 6) is 1.23. The van der Waals surface area contributed by atoms with Crippen molar-refractivity contribution in [2.75, 3.05) is 24.8 Å². The third-order valence-electron chi connectivity index (χ3n) is 4.71. The monoisotopic (exact) mass is 357 g/mol. The molecule has 1 aliphatic heterocycles. The zero-order valence-electron chi connectivity index (χ0n) is 14.4. The lowest BCUT2D eigenvalue weighted by Gasteiger charge is -2.32. The van der Waals surface area contributed by atoms with Gasteiger partial charge in [-0.25, -0.2) is 0 Å². The molecule has 0 bridgehead atoms. The average molecular weight is 358 g/mol. The number of nitrogens with zero attached hydrogens (tertiary/aromatic N) is 1. The molecule has 2 rings (SSSR count). The van der Waals surface area contributed by atoms with Crippen molar-refractivity contribution < 1.29 is 9.31 Å². The normalized spacial score (nSPS) is 19.5. The van der Waals surface area contributed by atoms with Crippen molar-refractivity contribution in [1.82, 2.24) is 4.90 Å². The molecule has 3 nitrogen and oxygen atoms in total. The van der Waals surface area contributed by atoms with Crippen molar-refractivity contribution in [2.45, 2.75) is 45.4 Å². The summed E-state index contributed by atoms with van der Waals surface area (Å²) in [4.78, 5) is 2.25. The first-order valence-corrected chi connectivity index (χ1v) is 9.15. The SMILES string of the molecule is CC1(C)OB(c2ccc(CN(CCCl)CCCl)cc2)OC1(C)C. The summed E-state index contributed by atoms with van der Waals surface area (Å²) in [7, 11) is -0.309. The third-order valence-corrected chi connectivity index (χ3v) is 5.05. The predicted molar refractivity (Wildman–Crippen MR) is 98.9 cm³/mol. The van der Waals surface area contributed by atoms with Gasteiger partial charge in [0.1, 0.15) is 0 Å². The van der Waals surface area contributed by atoms with Crippen LogP contribution in [-0.4, -0.2) is 48.1 Å². The van der Waals surface area contributed by atoms with E-state index in [2.05, 4.69) is 56.9 Å². The molecule has 1 aromatic rings. The molecule has 0 amide bonds. The molecule has 0 N–H and O–H groups in total. The van der Waals surface area contributed by atoms with Gasteiger partial charge in [-0.15, -0.1) is 23.2 Å². The Morgan fingerprint density at radius 1 is 0.913 bits per heavy atom. The molecule has 0 radical (unpaired) electrons. The maximum Gasteiger partial charge on any atom is 0.494 e. The van der Waals surface area contributed by atoms with Crippen LogP contribution in [0.15, 0.2) is 24.3 Å². The standard InChI is InChI=1S/C17H26BCl2NO2/c1-16(2)17(3,4)23-18(22-16)15-7-5-14(6-8-15)13-21(11-9-19)12-10-20/h5-8H,9-13H2,1-4H3. The molecule has 0 aliphatic carbocycles. The average Bonchev–Trinajstić information content (AvgIpc) is 2.69. The molecule has 1 heterocycles. The smallest absolute Gasteiger partial charge is 0.399 e. The zero-order chi connectivity index (χ0) is 17.1. The largest absolute Gasteiger partial charge is 0.494 e. The van der Waals surface area contributed by atoms with E-state index in [1.165, 1.54) is 5.56 Å². The Morgan fingerprint density at radius 2 is 1.39 bits per heavy atom. The molecule has 0 saturated carbocycles. The highest BCUT2D eigenvalue weighted by Gasteiger charge is 2.51. The summed E-state index contributed by atoms with van der Waals surface area (Å²) in [5.41, 5.74) is 1.66. The second-order valence-corrected chi connectivity index (χ2v) is 7.74. The minimum Gasteiger partial charge on any atom is -0.399 e. The molecule has 1 aromatic carbocycles. The number of hydrogen-bond donors (Lipinski definition) is 0. The number of rotatable bonds is 7. The highest BCUT2D eigenvalue weighted by Crippen LogP contribution is 2.36. The van der Waals surface area contributed by atoms with Crippen LogP contribution in [0.3, 0.4) is 0 Å². The fourth-order valence-electron chi connectivity index (χ4n) is 2.53. The maximum atomic E-state index is 6.08. The minimum absolute atomic E-state index is 0.309. The van der Waals surface area contributed by atoms with Crippen LogP contribution in [-0.2, 0) is 15.9 Å². The lowest BCUT2D eigenvalue weighted by Crippen LogP contribution is -2.41. The Labute approximate surface area is 150 Å². The molecule has 6 heteroatoms. The summed E-state index contributed by atoms with van der Waals surface area (Å²) >= 11 is 11.7. The maximum absolute atomic E-state index is 6.08. The van der Waals surface area contributed by atoms with E-state index in [-0.39, 0.29) is 18.3 Å². The fourth-order valence-corrected chi connectivity index (χ4v) is 3.00. The fraction of sp³-hybridized carbons (Fsp3) is 0.647. The van der Waals surface area contributed by atoms with E-state index < -0.39 is 0 Å². The van der Waals surface area contributed by atoms with Crippen LogP contribution in [0.4, 0.5) is 0 Å². The zero-order valence-corrected chi connectivity index (χ0v) is 16.0. The number of alkyl halides is 2. The number of benzene rings is 1. The topological polar surface area (TPSA) is 21.7 Å². The van der Waals surface area contributed by atoms with Gasteiger partial charge >= 0.3 is 7.12 Å². The second-order valence-electron chi connectivity index (χ2n) is 6.98. The van der Waals surface area contributed by atoms with Crippen LogP contribution in [0.5, 0.6) is 0 Å². The van der Waals surface area contributed by atoms with E-state index in [4.69, 9.17) is 32.5 Å². The van der Waals surface area contributed by atoms with Crippen molar-refractivity contribution in [3.05, 3.63) is 29.8 Å². The van der Waals surface area contributed by atoms with Crippen molar-refractivity contribution in [3.63, 3.8) is 0 Å². The third kappa shape index (κ3) is 4.64. The predicted octanol–water partition coefficient (Wildman–Crippen LogP) is 3.27. The van der Waals surface area contributed by atoms with E-state index in [1.54, 1.807) is 0 Å². The van der Waals surface area contributed by atoms with Crippen LogP contribution >= 0.6 is 23.2 Å². The van der Waals surface area contributed by atoms with Gasteiger partial charge in [-0.1, -0.05) is 24.3 Å². The first-order chi connectivity index (χ1) is 10.8. The number of hydrogen-bond acceptors (Lipinski definition) is 3. The lowest BCUT2D eigenvalue weighted by molar-refractivity contribution is 0.00578. The molecule has 1 aliphatic rings. The molecule has 0 aromatic heterocycles. The van der Waals surface area contributed by atoms with Gasteiger partial charge in [0.25, 0.3) is 0 Å². The lowest BCUT2D eigenvalue weighted by atomic mass is 9.79. The van der Waals surface area contributed by atoms with Crippen molar-refractivity contribution in [2.24, 2.45) is 0 Å². The highest BCUT2D eigenvalue weighted by atomic mass is 35.5. The van der Waals surface area contributed by atoms with Crippen LogP contribution in [0, 0.1) is 0 Å². The van der Waals surface area contributed by atoms with Gasteiger partial charge in [0.2, 0.25) is 0 Å². The van der Waals surface area contributed by atoms with Gasteiger partial charge in [0.15, 0.2) is 0 Å². The summed E-state index contributed by atoms with van der Waals surface area (Å²) in [6.45, 7) is 10.8. The molecular formula is C17H26BCl2NO2. The Hall–Kier alpha value is -0.255. The van der Waals surface area contributed by atoms with Gasteiger partial charge < -0.3 is 9.31 Å². The molecule has 0 unspecified atom stereocenters. The van der Waals surface area contributed by atoms with E-state index >= 15 is 0 Å². The van der Waals surface area contributed by atoms with Crippen molar-refractivity contribution >= 4 is 35.8 Å². The molecule has 128 valence electrons. The van der Waals surface area contributed by atoms with Gasteiger partial charge in [0.05, 0.1) is 11.2 Å². The molecule has 0 atom stereocenters. The van der Waals surface area contributed by atoms with Crippen LogP contribution in [0.25, 0.3) is 0 Å². The van der Waals surface area contributed by atoms with E-state index in [1.807, 2.05) is 0 Å². The summed E-state index contributed by atoms with van der Waals surface area (Å²) in [6, 6.07) is 8.40. The van der Waals surface area contributed by atoms with E-state index in [9.17, 15) is 0 Å². The van der Waals surface area contributed by atoms with Crippen molar-refractivity contribution in [1.29, 1.82) is 0 Å². The van der Waals surface area contributed by atoms with Crippen LogP contribution in [0.1, 0.15) is 33.3 Å². The molecule has 0 spiro atoms. The summed E-state index contributed by atoms with van der Waals surface area (Å²) < 4.78 is 12.2. The Kier molecular flexibility index (Phi) is 6.43. The molecule has 1 fully saturated rings. The van der Waals surface area contributed by atoms with Gasteiger partial charge in [-0.05, 0) is 38.7 Å². The molecule has 23 heavy (non-hydrogen) atoms. The minimum atomic E-state index is -0.312. The highest BCUT2D eigenvalue weighted by molar-refractivity contribution is 6.62. The van der Waals surface area contributed by atoms with Crippen molar-refractivity contribution in [3.8, 4) is 0 Å². The first kappa shape index (κ1) is 19.1. The molecule has 1 saturated heterocycles. The van der Waals surface area contributed by atoms with Crippen LogP contribution < -0.4 is 5.46 Å². The van der Waals surface area contributed by atoms with Gasteiger partial charge in [-0.3, -0.25) is 4.90 Å². The Balaban J connectivity index is 2.03.